The maximum absolute atomic E-state index is 14.4. The quantitative estimate of drug-likeness (QED) is 0.621. The number of carbonyl (C=O) groups is 1. The molecule has 0 bridgehead atoms. The number of hydrogen-bond donors (Lipinski definition) is 1. The molecule has 2 aromatic rings. The van der Waals surface area contributed by atoms with Crippen molar-refractivity contribution in [3.8, 4) is 6.07 Å². The Morgan fingerprint density at radius 3 is 2.66 bits per heavy atom. The second-order valence-corrected chi connectivity index (χ2v) is 6.36. The van der Waals surface area contributed by atoms with Crippen molar-refractivity contribution < 1.29 is 27.1 Å². The van der Waals surface area contributed by atoms with Crippen LogP contribution in [0.15, 0.2) is 41.5 Å². The van der Waals surface area contributed by atoms with E-state index < -0.39 is 41.3 Å². The second-order valence-electron chi connectivity index (χ2n) is 6.36. The third kappa shape index (κ3) is 3.89. The van der Waals surface area contributed by atoms with Crippen molar-refractivity contribution in [3.05, 3.63) is 64.7 Å². The molecule has 10 heteroatoms. The number of nitrogens with zero attached hydrogens (tertiary/aromatic N) is 3. The zero-order chi connectivity index (χ0) is 21.2. The lowest BCUT2D eigenvalue weighted by Gasteiger charge is -2.35. The molecule has 0 unspecified atom stereocenters. The fourth-order valence-electron chi connectivity index (χ4n) is 3.03. The lowest BCUT2D eigenvalue weighted by atomic mass is 9.84. The molecule has 0 aliphatic carbocycles. The van der Waals surface area contributed by atoms with Crippen LogP contribution in [0.3, 0.4) is 0 Å². The third-order valence-corrected chi connectivity index (χ3v) is 4.50. The standard InChI is InChI=1S/C19H14F4N4O2/c20-14-3-1-11(8-16(28)15-4-2-12(9-24)10-26-15)7-13(14)18(19(21,22)23)5-6-29-17(25)27-18/h1-4,7,10H,5-6,8H2,(H2,25,27)/t18-/m1/s1. The zero-order valence-corrected chi connectivity index (χ0v) is 14.8. The Labute approximate surface area is 162 Å². The van der Waals surface area contributed by atoms with Crippen molar-refractivity contribution in [2.75, 3.05) is 6.61 Å². The van der Waals surface area contributed by atoms with Gasteiger partial charge < -0.3 is 10.5 Å². The number of aliphatic imine (C=N–C) groups is 1. The molecule has 3 rings (SSSR count). The van der Waals surface area contributed by atoms with Crippen LogP contribution in [0.5, 0.6) is 0 Å². The van der Waals surface area contributed by atoms with Crippen LogP contribution < -0.4 is 5.73 Å². The van der Waals surface area contributed by atoms with E-state index in [9.17, 15) is 22.4 Å². The number of nitrogens with two attached hydrogens (primary N) is 1. The Balaban J connectivity index is 1.98. The number of halogens is 4. The van der Waals surface area contributed by atoms with Crippen LogP contribution in [0.1, 0.15) is 33.6 Å². The van der Waals surface area contributed by atoms with Gasteiger partial charge in [0.15, 0.2) is 11.3 Å². The second kappa shape index (κ2) is 7.50. The number of pyridine rings is 1. The van der Waals surface area contributed by atoms with Gasteiger partial charge in [-0.2, -0.15) is 18.4 Å². The number of aromatic nitrogens is 1. The Morgan fingerprint density at radius 1 is 1.31 bits per heavy atom. The molecule has 1 atom stereocenters. The molecule has 1 aromatic heterocycles. The van der Waals surface area contributed by atoms with Crippen LogP contribution in [0.4, 0.5) is 17.6 Å². The Bertz CT molecular complexity index is 1010. The SMILES string of the molecule is N#Cc1ccc(C(=O)Cc2ccc(F)c([C@@]3(C(F)(F)F)CCOC(N)=N3)c2)nc1. The summed E-state index contributed by atoms with van der Waals surface area (Å²) in [5, 5.41) is 8.76. The number of ether oxygens (including phenoxy) is 1. The van der Waals surface area contributed by atoms with Crippen LogP contribution in [-0.2, 0) is 16.7 Å². The Hall–Kier alpha value is -3.48. The van der Waals surface area contributed by atoms with E-state index in [1.165, 1.54) is 24.4 Å². The van der Waals surface area contributed by atoms with Crippen LogP contribution in [0.2, 0.25) is 0 Å². The summed E-state index contributed by atoms with van der Waals surface area (Å²) in [6, 6.07) is 6.96. The van der Waals surface area contributed by atoms with E-state index in [0.29, 0.717) is 0 Å². The largest absolute Gasteiger partial charge is 0.465 e. The van der Waals surface area contributed by atoms with E-state index in [1.807, 2.05) is 6.07 Å². The first-order chi connectivity index (χ1) is 13.7. The predicted molar refractivity (Wildman–Crippen MR) is 93.3 cm³/mol. The van der Waals surface area contributed by atoms with E-state index in [2.05, 4.69) is 9.98 Å². The molecule has 1 aliphatic rings. The average molecular weight is 406 g/mol. The van der Waals surface area contributed by atoms with Crippen LogP contribution in [0, 0.1) is 17.1 Å². The van der Waals surface area contributed by atoms with Crippen molar-refractivity contribution in [3.63, 3.8) is 0 Å². The van der Waals surface area contributed by atoms with Gasteiger partial charge >= 0.3 is 6.18 Å². The summed E-state index contributed by atoms with van der Waals surface area (Å²) in [6.45, 7) is -0.382. The molecule has 6 nitrogen and oxygen atoms in total. The lowest BCUT2D eigenvalue weighted by Crippen LogP contribution is -2.47. The topological polar surface area (TPSA) is 101 Å². The number of hydrogen-bond acceptors (Lipinski definition) is 6. The smallest absolute Gasteiger partial charge is 0.418 e. The van der Waals surface area contributed by atoms with E-state index in [1.54, 1.807) is 0 Å². The van der Waals surface area contributed by atoms with Gasteiger partial charge in [0, 0.05) is 24.6 Å². The molecule has 29 heavy (non-hydrogen) atoms. The fourth-order valence-corrected chi connectivity index (χ4v) is 3.03. The van der Waals surface area contributed by atoms with Gasteiger partial charge in [0.25, 0.3) is 6.02 Å². The van der Waals surface area contributed by atoms with Gasteiger partial charge in [0.05, 0.1) is 12.2 Å². The first-order valence-corrected chi connectivity index (χ1v) is 8.39. The fraction of sp³-hybridized carbons (Fsp3) is 0.263. The summed E-state index contributed by atoms with van der Waals surface area (Å²) < 4.78 is 60.8. The van der Waals surface area contributed by atoms with Crippen molar-refractivity contribution in [2.45, 2.75) is 24.6 Å². The van der Waals surface area contributed by atoms with Gasteiger partial charge in [0.2, 0.25) is 0 Å². The number of benzene rings is 1. The summed E-state index contributed by atoms with van der Waals surface area (Å²) in [5.74, 6) is -1.61. The monoisotopic (exact) mass is 406 g/mol. The highest BCUT2D eigenvalue weighted by Crippen LogP contribution is 2.47. The first kappa shape index (κ1) is 20.3. The summed E-state index contributed by atoms with van der Waals surface area (Å²) >= 11 is 0. The van der Waals surface area contributed by atoms with Gasteiger partial charge in [0.1, 0.15) is 17.6 Å². The molecule has 0 amide bonds. The first-order valence-electron chi connectivity index (χ1n) is 8.39. The molecule has 0 spiro atoms. The van der Waals surface area contributed by atoms with Crippen molar-refractivity contribution in [1.29, 1.82) is 5.26 Å². The molecule has 1 aromatic carbocycles. The highest BCUT2D eigenvalue weighted by Gasteiger charge is 2.59. The molecule has 2 N–H and O–H groups in total. The van der Waals surface area contributed by atoms with E-state index in [0.717, 1.165) is 12.1 Å². The summed E-state index contributed by atoms with van der Waals surface area (Å²) in [7, 11) is 0. The Morgan fingerprint density at radius 2 is 2.07 bits per heavy atom. The molecule has 1 aliphatic heterocycles. The predicted octanol–water partition coefficient (Wildman–Crippen LogP) is 3.01. The molecule has 0 saturated heterocycles. The zero-order valence-electron chi connectivity index (χ0n) is 14.8. The number of alkyl halides is 3. The normalized spacial score (nSPS) is 19.1. The highest BCUT2D eigenvalue weighted by molar-refractivity contribution is 5.95. The van der Waals surface area contributed by atoms with E-state index in [4.69, 9.17) is 15.7 Å². The molecule has 2 heterocycles. The molecule has 0 saturated carbocycles. The van der Waals surface area contributed by atoms with Gasteiger partial charge in [-0.25, -0.2) is 9.38 Å². The number of nitriles is 1. The van der Waals surface area contributed by atoms with Crippen molar-refractivity contribution >= 4 is 11.8 Å². The molecule has 150 valence electrons. The summed E-state index contributed by atoms with van der Waals surface area (Å²) in [4.78, 5) is 19.6. The van der Waals surface area contributed by atoms with Crippen molar-refractivity contribution in [2.24, 2.45) is 10.7 Å². The maximum atomic E-state index is 14.4. The van der Waals surface area contributed by atoms with Gasteiger partial charge in [-0.3, -0.25) is 9.78 Å². The number of ketones is 1. The van der Waals surface area contributed by atoms with Crippen LogP contribution in [0.25, 0.3) is 0 Å². The number of Topliss-reactive ketones (excluding diaryl/α,β-unsaturated/α-hetero) is 1. The van der Waals surface area contributed by atoms with Crippen LogP contribution >= 0.6 is 0 Å². The molecule has 0 fully saturated rings. The third-order valence-electron chi connectivity index (χ3n) is 4.50. The number of amidine groups is 1. The van der Waals surface area contributed by atoms with E-state index in [-0.39, 0.29) is 29.8 Å². The van der Waals surface area contributed by atoms with Gasteiger partial charge in [-0.1, -0.05) is 6.07 Å². The van der Waals surface area contributed by atoms with Crippen LogP contribution in [-0.4, -0.2) is 29.6 Å². The van der Waals surface area contributed by atoms with Gasteiger partial charge in [-0.05, 0) is 29.8 Å². The minimum atomic E-state index is -4.93. The summed E-state index contributed by atoms with van der Waals surface area (Å²) in [6.07, 6.45) is -4.68. The molecular weight excluding hydrogens is 392 g/mol. The minimum Gasteiger partial charge on any atom is -0.465 e. The number of carbonyl (C=O) groups excluding carboxylic acids is 1. The van der Waals surface area contributed by atoms with E-state index >= 15 is 0 Å². The highest BCUT2D eigenvalue weighted by atomic mass is 19.4. The average Bonchev–Trinajstić information content (AvgIpc) is 2.68. The summed E-state index contributed by atoms with van der Waals surface area (Å²) in [5.41, 5.74) is 2.15. The number of rotatable bonds is 4. The molecule has 0 radical (unpaired) electrons. The minimum absolute atomic E-state index is 0.0359. The Kier molecular flexibility index (Phi) is 5.24. The molecular formula is C19H14F4N4O2. The lowest BCUT2D eigenvalue weighted by molar-refractivity contribution is -0.196. The maximum Gasteiger partial charge on any atom is 0.418 e. The van der Waals surface area contributed by atoms with Crippen molar-refractivity contribution in [1.82, 2.24) is 4.98 Å². The van der Waals surface area contributed by atoms with Gasteiger partial charge in [-0.15, -0.1) is 0 Å².